The molecule has 2 aromatic heterocycles. The van der Waals surface area contributed by atoms with Crippen molar-refractivity contribution in [2.24, 2.45) is 5.41 Å². The number of hydrogen-bond acceptors (Lipinski definition) is 5. The number of thiazole rings is 1. The van der Waals surface area contributed by atoms with Crippen LogP contribution in [0.3, 0.4) is 0 Å². The number of aromatic nitrogens is 2. The van der Waals surface area contributed by atoms with Crippen LogP contribution in [-0.4, -0.2) is 40.2 Å². The number of hydrogen-bond donors (Lipinski definition) is 0. The molecule has 5 heteroatoms. The first kappa shape index (κ1) is 23.3. The second kappa shape index (κ2) is 8.85. The Morgan fingerprint density at radius 3 is 2.59 bits per heavy atom. The van der Waals surface area contributed by atoms with Gasteiger partial charge in [-0.05, 0) is 84.7 Å². The molecule has 0 unspecified atom stereocenters. The standard InChI is InChI=1S/C27H37N3OS/c1-7-31-26(5,6)27(15-14-24-29-22-10-8-9-11-23(22)32-24)16-17-30(19-27)25(3,4)21-13-12-20(2)28-18-21/h8-13,18H,7,14-17,19H2,1-6H3/t27-/m1/s1. The minimum Gasteiger partial charge on any atom is -0.375 e. The molecule has 0 spiro atoms. The highest BCUT2D eigenvalue weighted by atomic mass is 32.1. The van der Waals surface area contributed by atoms with Crippen molar-refractivity contribution in [3.63, 3.8) is 0 Å². The van der Waals surface area contributed by atoms with Crippen LogP contribution >= 0.6 is 11.3 Å². The van der Waals surface area contributed by atoms with Gasteiger partial charge in [-0.25, -0.2) is 4.98 Å². The minimum atomic E-state index is -0.200. The molecule has 1 fully saturated rings. The molecule has 0 radical (unpaired) electrons. The fourth-order valence-electron chi connectivity index (χ4n) is 5.25. The van der Waals surface area contributed by atoms with Gasteiger partial charge >= 0.3 is 0 Å². The Balaban J connectivity index is 1.58. The number of rotatable bonds is 8. The normalized spacial score (nSPS) is 20.3. The molecule has 4 rings (SSSR count). The van der Waals surface area contributed by atoms with Crippen LogP contribution in [0.5, 0.6) is 0 Å². The molecule has 1 aliphatic heterocycles. The number of likely N-dealkylation sites (tertiary alicyclic amines) is 1. The number of aryl methyl sites for hydroxylation is 2. The van der Waals surface area contributed by atoms with Crippen molar-refractivity contribution >= 4 is 21.6 Å². The molecule has 0 aliphatic carbocycles. The number of pyridine rings is 1. The second-order valence-corrected chi connectivity index (χ2v) is 11.3. The second-order valence-electron chi connectivity index (χ2n) is 10.2. The third-order valence-corrected chi connectivity index (χ3v) is 8.80. The molecule has 1 aromatic carbocycles. The van der Waals surface area contributed by atoms with Crippen LogP contribution in [0.15, 0.2) is 42.6 Å². The van der Waals surface area contributed by atoms with Crippen LogP contribution in [0.25, 0.3) is 10.2 Å². The zero-order chi connectivity index (χ0) is 23.0. The smallest absolute Gasteiger partial charge is 0.0938 e. The van der Waals surface area contributed by atoms with Gasteiger partial charge in [0.2, 0.25) is 0 Å². The summed E-state index contributed by atoms with van der Waals surface area (Å²) in [5.41, 5.74) is 3.27. The maximum Gasteiger partial charge on any atom is 0.0938 e. The van der Waals surface area contributed by atoms with E-state index in [1.165, 1.54) is 15.3 Å². The Bertz CT molecular complexity index is 1020. The van der Waals surface area contributed by atoms with E-state index in [2.05, 4.69) is 80.9 Å². The van der Waals surface area contributed by atoms with Crippen molar-refractivity contribution in [3.8, 4) is 0 Å². The Hall–Kier alpha value is -1.82. The van der Waals surface area contributed by atoms with Crippen molar-refractivity contribution in [1.82, 2.24) is 14.9 Å². The summed E-state index contributed by atoms with van der Waals surface area (Å²) in [4.78, 5) is 12.1. The number of para-hydroxylation sites is 1. The monoisotopic (exact) mass is 451 g/mol. The number of fused-ring (bicyclic) bond motifs is 1. The molecule has 1 atom stereocenters. The van der Waals surface area contributed by atoms with E-state index in [1.54, 1.807) is 0 Å². The number of benzene rings is 1. The van der Waals surface area contributed by atoms with E-state index in [9.17, 15) is 0 Å². The maximum absolute atomic E-state index is 6.39. The Morgan fingerprint density at radius 1 is 1.12 bits per heavy atom. The molecule has 3 heterocycles. The average molecular weight is 452 g/mol. The fourth-order valence-corrected chi connectivity index (χ4v) is 6.21. The fraction of sp³-hybridized carbons (Fsp3) is 0.556. The first-order valence-electron chi connectivity index (χ1n) is 11.8. The summed E-state index contributed by atoms with van der Waals surface area (Å²) >= 11 is 1.83. The maximum atomic E-state index is 6.39. The molecule has 1 saturated heterocycles. The molecule has 0 amide bonds. The van der Waals surface area contributed by atoms with Crippen LogP contribution < -0.4 is 0 Å². The van der Waals surface area contributed by atoms with E-state index in [1.807, 2.05) is 24.5 Å². The van der Waals surface area contributed by atoms with E-state index in [4.69, 9.17) is 9.72 Å². The van der Waals surface area contributed by atoms with Crippen LogP contribution in [0.1, 0.15) is 63.7 Å². The SMILES string of the molecule is CCOC(C)(C)[C@]1(CCc2nc3ccccc3s2)CCN(C(C)(C)c2ccc(C)nc2)C1. The van der Waals surface area contributed by atoms with E-state index >= 15 is 0 Å². The van der Waals surface area contributed by atoms with E-state index in [-0.39, 0.29) is 16.6 Å². The molecule has 0 saturated carbocycles. The van der Waals surface area contributed by atoms with Crippen LogP contribution in [-0.2, 0) is 16.7 Å². The molecule has 32 heavy (non-hydrogen) atoms. The Morgan fingerprint density at radius 2 is 1.91 bits per heavy atom. The molecular formula is C27H37N3OS. The highest BCUT2D eigenvalue weighted by Gasteiger charge is 2.52. The highest BCUT2D eigenvalue weighted by Crippen LogP contribution is 2.49. The lowest BCUT2D eigenvalue weighted by atomic mass is 9.69. The third kappa shape index (κ3) is 4.35. The van der Waals surface area contributed by atoms with Gasteiger partial charge < -0.3 is 4.74 Å². The topological polar surface area (TPSA) is 38.2 Å². The van der Waals surface area contributed by atoms with E-state index in [0.717, 1.165) is 50.2 Å². The van der Waals surface area contributed by atoms with Gasteiger partial charge in [0.25, 0.3) is 0 Å². The highest BCUT2D eigenvalue weighted by molar-refractivity contribution is 7.18. The van der Waals surface area contributed by atoms with Crippen molar-refractivity contribution < 1.29 is 4.74 Å². The lowest BCUT2D eigenvalue weighted by Crippen LogP contribution is -2.50. The molecule has 0 N–H and O–H groups in total. The molecule has 4 nitrogen and oxygen atoms in total. The van der Waals surface area contributed by atoms with Gasteiger partial charge in [0, 0.05) is 42.4 Å². The lowest BCUT2D eigenvalue weighted by Gasteiger charge is -2.46. The minimum absolute atomic E-state index is 0.0688. The van der Waals surface area contributed by atoms with Gasteiger partial charge in [0.05, 0.1) is 20.8 Å². The summed E-state index contributed by atoms with van der Waals surface area (Å²) in [6, 6.07) is 12.8. The van der Waals surface area contributed by atoms with Crippen LogP contribution in [0.2, 0.25) is 0 Å². The van der Waals surface area contributed by atoms with Gasteiger partial charge in [0.1, 0.15) is 0 Å². The summed E-state index contributed by atoms with van der Waals surface area (Å²) in [6.45, 7) is 16.2. The summed E-state index contributed by atoms with van der Waals surface area (Å²) < 4.78 is 7.67. The first-order valence-corrected chi connectivity index (χ1v) is 12.7. The van der Waals surface area contributed by atoms with Crippen molar-refractivity contribution in [2.75, 3.05) is 19.7 Å². The van der Waals surface area contributed by atoms with Gasteiger partial charge in [-0.3, -0.25) is 9.88 Å². The van der Waals surface area contributed by atoms with Gasteiger partial charge in [-0.1, -0.05) is 18.2 Å². The Kier molecular flexibility index (Phi) is 6.45. The van der Waals surface area contributed by atoms with Crippen LogP contribution in [0.4, 0.5) is 0 Å². The van der Waals surface area contributed by atoms with Crippen LogP contribution in [0, 0.1) is 12.3 Å². The zero-order valence-corrected chi connectivity index (χ0v) is 21.3. The summed E-state index contributed by atoms with van der Waals surface area (Å²) in [6.07, 6.45) is 5.26. The van der Waals surface area contributed by atoms with E-state index < -0.39 is 0 Å². The van der Waals surface area contributed by atoms with Crippen molar-refractivity contribution in [2.45, 2.75) is 71.9 Å². The summed E-state index contributed by atoms with van der Waals surface area (Å²) in [5, 5.41) is 1.23. The molecule has 1 aliphatic rings. The number of ether oxygens (including phenoxy) is 1. The van der Waals surface area contributed by atoms with Gasteiger partial charge in [-0.2, -0.15) is 0 Å². The number of nitrogens with zero attached hydrogens (tertiary/aromatic N) is 3. The molecule has 172 valence electrons. The Labute approximate surface area is 197 Å². The first-order chi connectivity index (χ1) is 15.2. The quantitative estimate of drug-likeness (QED) is 0.398. The third-order valence-electron chi connectivity index (χ3n) is 7.70. The molecular weight excluding hydrogens is 414 g/mol. The zero-order valence-electron chi connectivity index (χ0n) is 20.4. The largest absolute Gasteiger partial charge is 0.375 e. The predicted octanol–water partition coefficient (Wildman–Crippen LogP) is 6.37. The van der Waals surface area contributed by atoms with Crippen molar-refractivity contribution in [1.29, 1.82) is 0 Å². The summed E-state index contributed by atoms with van der Waals surface area (Å²) in [7, 11) is 0. The van der Waals surface area contributed by atoms with Gasteiger partial charge in [0.15, 0.2) is 0 Å². The lowest BCUT2D eigenvalue weighted by molar-refractivity contribution is -0.109. The average Bonchev–Trinajstić information content (AvgIpc) is 3.38. The molecule has 3 aromatic rings. The van der Waals surface area contributed by atoms with E-state index in [0.29, 0.717) is 0 Å². The van der Waals surface area contributed by atoms with Crippen molar-refractivity contribution in [3.05, 3.63) is 58.9 Å². The predicted molar refractivity (Wildman–Crippen MR) is 134 cm³/mol. The summed E-state index contributed by atoms with van der Waals surface area (Å²) in [5.74, 6) is 0. The molecule has 0 bridgehead atoms. The van der Waals surface area contributed by atoms with Gasteiger partial charge in [-0.15, -0.1) is 11.3 Å².